The first kappa shape index (κ1) is 3.81. The van der Waals surface area contributed by atoms with Crippen molar-refractivity contribution < 1.29 is 9.13 Å². The number of halogens is 1. The maximum absolute atomic E-state index is 11.6. The average Bonchev–Trinajstić information content (AvgIpc) is 2.06. The van der Waals surface area contributed by atoms with Gasteiger partial charge in [0.05, 0.1) is 6.61 Å². The number of hydrogen-bond donors (Lipinski definition) is 0. The molecule has 1 fully saturated rings. The predicted molar refractivity (Wildman–Crippen MR) is 20.0 cm³/mol. The Hall–Kier alpha value is -0.370. The van der Waals surface area contributed by atoms with Crippen LogP contribution in [0.25, 0.3) is 0 Å². The highest BCUT2D eigenvalue weighted by Crippen LogP contribution is 2.17. The Morgan fingerprint density at radius 1 is 2.00 bits per heavy atom. The van der Waals surface area contributed by atoms with Crippen LogP contribution in [-0.2, 0) is 4.74 Å². The molecule has 0 N–H and O–H groups in total. The third kappa shape index (κ3) is 0.571. The predicted octanol–water partition coefficient (Wildman–Crippen LogP) is 0.868. The third-order valence-corrected chi connectivity index (χ3v) is 0.683. The molecule has 1 heterocycles. The summed E-state index contributed by atoms with van der Waals surface area (Å²) < 4.78 is 16.1. The molecule has 1 saturated heterocycles. The molecule has 1 nitrogen and oxygen atoms in total. The summed E-state index contributed by atoms with van der Waals surface area (Å²) in [6, 6.07) is 0. The fourth-order valence-corrected chi connectivity index (χ4v) is 0.229. The summed E-state index contributed by atoms with van der Waals surface area (Å²) in [5.41, 5.74) is 0. The first-order chi connectivity index (χ1) is 2.80. The van der Waals surface area contributed by atoms with E-state index < -0.39 is 0 Å². The molecule has 2 heteroatoms. The lowest BCUT2D eigenvalue weighted by Crippen LogP contribution is -1.78. The summed E-state index contributed by atoms with van der Waals surface area (Å²) in [6.07, 6.45) is -0.259. The number of rotatable bonds is 1. The van der Waals surface area contributed by atoms with Gasteiger partial charge in [-0.2, -0.15) is 0 Å². The van der Waals surface area contributed by atoms with Crippen molar-refractivity contribution in [1.29, 1.82) is 0 Å². The molecule has 1 aliphatic heterocycles. The molecule has 0 aliphatic carbocycles. The number of epoxide rings is 1. The van der Waals surface area contributed by atoms with Crippen molar-refractivity contribution >= 4 is 0 Å². The Morgan fingerprint density at radius 3 is 2.50 bits per heavy atom. The molecule has 0 aromatic rings. The topological polar surface area (TPSA) is 12.5 Å². The standard InChI is InChI=1S/C4H5FO/c1-3(5)4-2-6-4/h4H,1-2H2. The zero-order chi connectivity index (χ0) is 4.57. The minimum atomic E-state index is -0.352. The second-order valence-electron chi connectivity index (χ2n) is 1.27. The van der Waals surface area contributed by atoms with Crippen LogP contribution in [0.4, 0.5) is 4.39 Å². The molecule has 0 spiro atoms. The lowest BCUT2D eigenvalue weighted by molar-refractivity contribution is 0.398. The van der Waals surface area contributed by atoms with Crippen LogP contribution in [0, 0.1) is 0 Å². The van der Waals surface area contributed by atoms with E-state index in [9.17, 15) is 4.39 Å². The van der Waals surface area contributed by atoms with Gasteiger partial charge in [-0.05, 0) is 0 Å². The van der Waals surface area contributed by atoms with Gasteiger partial charge in [-0.1, -0.05) is 6.58 Å². The van der Waals surface area contributed by atoms with Gasteiger partial charge in [0.15, 0.2) is 0 Å². The first-order valence-electron chi connectivity index (χ1n) is 1.76. The second-order valence-corrected chi connectivity index (χ2v) is 1.27. The van der Waals surface area contributed by atoms with Gasteiger partial charge in [0.1, 0.15) is 11.9 Å². The Balaban J connectivity index is 2.31. The molecular weight excluding hydrogens is 83.0 g/mol. The van der Waals surface area contributed by atoms with Gasteiger partial charge in [-0.15, -0.1) is 0 Å². The molecule has 1 atom stereocenters. The minimum absolute atomic E-state index is 0.259. The second kappa shape index (κ2) is 1.05. The molecule has 0 radical (unpaired) electrons. The van der Waals surface area contributed by atoms with E-state index in [1.54, 1.807) is 0 Å². The van der Waals surface area contributed by atoms with E-state index in [-0.39, 0.29) is 11.9 Å². The summed E-state index contributed by atoms with van der Waals surface area (Å²) in [5, 5.41) is 0. The lowest BCUT2D eigenvalue weighted by atomic mass is 10.5. The van der Waals surface area contributed by atoms with Gasteiger partial charge in [0, 0.05) is 0 Å². The van der Waals surface area contributed by atoms with Crippen LogP contribution < -0.4 is 0 Å². The highest BCUT2D eigenvalue weighted by Gasteiger charge is 2.25. The molecule has 0 aromatic heterocycles. The van der Waals surface area contributed by atoms with Crippen LogP contribution in [-0.4, -0.2) is 12.7 Å². The van der Waals surface area contributed by atoms with E-state index in [1.807, 2.05) is 0 Å². The van der Waals surface area contributed by atoms with E-state index in [2.05, 4.69) is 11.3 Å². The summed E-state index contributed by atoms with van der Waals surface area (Å²) in [4.78, 5) is 0. The quantitative estimate of drug-likeness (QED) is 0.433. The van der Waals surface area contributed by atoms with E-state index in [0.717, 1.165) is 0 Å². The van der Waals surface area contributed by atoms with Crippen molar-refractivity contribution in [1.82, 2.24) is 0 Å². The van der Waals surface area contributed by atoms with Crippen LogP contribution in [0.1, 0.15) is 0 Å². The smallest absolute Gasteiger partial charge is 0.132 e. The van der Waals surface area contributed by atoms with E-state index in [4.69, 9.17) is 0 Å². The Bertz CT molecular complexity index is 75.6. The van der Waals surface area contributed by atoms with Gasteiger partial charge in [0.2, 0.25) is 0 Å². The van der Waals surface area contributed by atoms with Crippen LogP contribution in [0.5, 0.6) is 0 Å². The zero-order valence-electron chi connectivity index (χ0n) is 3.28. The third-order valence-electron chi connectivity index (χ3n) is 0.683. The van der Waals surface area contributed by atoms with Crippen LogP contribution in [0.2, 0.25) is 0 Å². The summed E-state index contributed by atoms with van der Waals surface area (Å²) in [7, 11) is 0. The Kier molecular flexibility index (Phi) is 0.665. The molecule has 34 valence electrons. The summed E-state index contributed by atoms with van der Waals surface area (Å²) in [6.45, 7) is 3.55. The molecule has 1 rings (SSSR count). The van der Waals surface area contributed by atoms with Gasteiger partial charge < -0.3 is 4.74 Å². The van der Waals surface area contributed by atoms with E-state index >= 15 is 0 Å². The first-order valence-corrected chi connectivity index (χ1v) is 1.76. The van der Waals surface area contributed by atoms with Crippen LogP contribution >= 0.6 is 0 Å². The summed E-state index contributed by atoms with van der Waals surface area (Å²) >= 11 is 0. The van der Waals surface area contributed by atoms with Gasteiger partial charge in [0.25, 0.3) is 0 Å². The van der Waals surface area contributed by atoms with Crippen molar-refractivity contribution in [2.24, 2.45) is 0 Å². The van der Waals surface area contributed by atoms with Crippen LogP contribution in [0.15, 0.2) is 12.4 Å². The Morgan fingerprint density at radius 2 is 2.50 bits per heavy atom. The SMILES string of the molecule is C=C(F)C1CO1. The van der Waals surface area contributed by atoms with E-state index in [0.29, 0.717) is 6.61 Å². The van der Waals surface area contributed by atoms with E-state index in [1.165, 1.54) is 0 Å². The van der Waals surface area contributed by atoms with Crippen molar-refractivity contribution in [3.63, 3.8) is 0 Å². The van der Waals surface area contributed by atoms with Crippen LogP contribution in [0.3, 0.4) is 0 Å². The fraction of sp³-hybridized carbons (Fsp3) is 0.500. The van der Waals surface area contributed by atoms with Gasteiger partial charge in [-0.3, -0.25) is 0 Å². The molecule has 0 bridgehead atoms. The fourth-order valence-electron chi connectivity index (χ4n) is 0.229. The number of hydrogen-bond acceptors (Lipinski definition) is 1. The van der Waals surface area contributed by atoms with Gasteiger partial charge >= 0.3 is 0 Å². The highest BCUT2D eigenvalue weighted by molar-refractivity contribution is 4.97. The average molecular weight is 88.1 g/mol. The Labute approximate surface area is 35.4 Å². The molecule has 1 unspecified atom stereocenters. The minimum Gasteiger partial charge on any atom is -0.366 e. The molecule has 0 amide bonds. The molecule has 1 aliphatic rings. The highest BCUT2D eigenvalue weighted by atomic mass is 19.1. The maximum Gasteiger partial charge on any atom is 0.132 e. The van der Waals surface area contributed by atoms with Crippen molar-refractivity contribution in [3.8, 4) is 0 Å². The molecule has 6 heavy (non-hydrogen) atoms. The van der Waals surface area contributed by atoms with Crippen molar-refractivity contribution in [2.75, 3.05) is 6.61 Å². The normalized spacial score (nSPS) is 29.8. The zero-order valence-corrected chi connectivity index (χ0v) is 3.28. The molecular formula is C4H5FO. The largest absolute Gasteiger partial charge is 0.366 e. The maximum atomic E-state index is 11.6. The van der Waals surface area contributed by atoms with Crippen molar-refractivity contribution in [2.45, 2.75) is 6.10 Å². The lowest BCUT2D eigenvalue weighted by Gasteiger charge is -1.75. The number of ether oxygens (including phenoxy) is 1. The van der Waals surface area contributed by atoms with Gasteiger partial charge in [-0.25, -0.2) is 4.39 Å². The molecule has 0 saturated carbocycles. The monoisotopic (exact) mass is 88.0 g/mol. The van der Waals surface area contributed by atoms with Crippen molar-refractivity contribution in [3.05, 3.63) is 12.4 Å². The summed E-state index contributed by atoms with van der Waals surface area (Å²) in [5.74, 6) is -0.352. The molecule has 0 aromatic carbocycles.